The number of esters is 1. The standard InChI is InChI=1S/C15H15FN2O3S/c1-21-14(20)5-6-17-13(19)8-12-9-22-15(18-12)10-3-2-4-11(16)7-10/h2-4,7,9H,5-6,8H2,1H3,(H,17,19). The van der Waals surface area contributed by atoms with Gasteiger partial charge in [-0.2, -0.15) is 0 Å². The van der Waals surface area contributed by atoms with Gasteiger partial charge in [0.25, 0.3) is 0 Å². The third-order valence-corrected chi connectivity index (χ3v) is 3.78. The van der Waals surface area contributed by atoms with E-state index in [-0.39, 0.29) is 37.1 Å². The van der Waals surface area contributed by atoms with Gasteiger partial charge in [-0.1, -0.05) is 12.1 Å². The summed E-state index contributed by atoms with van der Waals surface area (Å²) < 4.78 is 17.7. The molecule has 1 aromatic heterocycles. The van der Waals surface area contributed by atoms with Crippen molar-refractivity contribution >= 4 is 23.2 Å². The van der Waals surface area contributed by atoms with Crippen LogP contribution in [0.3, 0.4) is 0 Å². The number of benzene rings is 1. The topological polar surface area (TPSA) is 68.3 Å². The van der Waals surface area contributed by atoms with Gasteiger partial charge in [0.15, 0.2) is 0 Å². The minimum atomic E-state index is -0.373. The summed E-state index contributed by atoms with van der Waals surface area (Å²) in [6.45, 7) is 0.229. The highest BCUT2D eigenvalue weighted by Crippen LogP contribution is 2.24. The van der Waals surface area contributed by atoms with E-state index in [1.165, 1.54) is 30.6 Å². The molecule has 2 rings (SSSR count). The molecule has 0 saturated heterocycles. The number of hydrogen-bond acceptors (Lipinski definition) is 5. The van der Waals surface area contributed by atoms with Crippen LogP contribution in [0.15, 0.2) is 29.6 Å². The lowest BCUT2D eigenvalue weighted by molar-refractivity contribution is -0.140. The second kappa shape index (κ2) is 7.65. The van der Waals surface area contributed by atoms with Crippen LogP contribution in [0.2, 0.25) is 0 Å². The van der Waals surface area contributed by atoms with Crippen LogP contribution in [-0.2, 0) is 20.7 Å². The Morgan fingerprint density at radius 3 is 2.95 bits per heavy atom. The van der Waals surface area contributed by atoms with Crippen molar-refractivity contribution in [2.75, 3.05) is 13.7 Å². The molecule has 1 heterocycles. The van der Waals surface area contributed by atoms with E-state index in [9.17, 15) is 14.0 Å². The molecule has 1 amide bonds. The van der Waals surface area contributed by atoms with E-state index in [0.717, 1.165) is 0 Å². The number of rotatable bonds is 6. The van der Waals surface area contributed by atoms with Gasteiger partial charge in [0.05, 0.1) is 25.6 Å². The van der Waals surface area contributed by atoms with Gasteiger partial charge in [0.2, 0.25) is 5.91 Å². The molecule has 0 saturated carbocycles. The van der Waals surface area contributed by atoms with Crippen molar-refractivity contribution < 1.29 is 18.7 Å². The summed E-state index contributed by atoms with van der Waals surface area (Å²) in [5, 5.41) is 5.05. The van der Waals surface area contributed by atoms with Crippen LogP contribution < -0.4 is 5.32 Å². The third-order valence-electron chi connectivity index (χ3n) is 2.84. The molecule has 1 N–H and O–H groups in total. The predicted molar refractivity (Wildman–Crippen MR) is 80.9 cm³/mol. The largest absolute Gasteiger partial charge is 0.469 e. The molecule has 0 aliphatic heterocycles. The van der Waals surface area contributed by atoms with Crippen molar-refractivity contribution in [3.8, 4) is 10.6 Å². The Kier molecular flexibility index (Phi) is 5.60. The molecule has 0 radical (unpaired) electrons. The molecule has 5 nitrogen and oxygen atoms in total. The van der Waals surface area contributed by atoms with Gasteiger partial charge in [-0.05, 0) is 12.1 Å². The SMILES string of the molecule is COC(=O)CCNC(=O)Cc1csc(-c2cccc(F)c2)n1. The number of hydrogen-bond donors (Lipinski definition) is 1. The average molecular weight is 322 g/mol. The number of nitrogens with zero attached hydrogens (tertiary/aromatic N) is 1. The minimum absolute atomic E-state index is 0.118. The predicted octanol–water partition coefficient (Wildman–Crippen LogP) is 2.17. The summed E-state index contributed by atoms with van der Waals surface area (Å²) in [7, 11) is 1.30. The normalized spacial score (nSPS) is 10.3. The van der Waals surface area contributed by atoms with Crippen LogP contribution in [0.4, 0.5) is 4.39 Å². The van der Waals surface area contributed by atoms with Crippen molar-refractivity contribution in [3.63, 3.8) is 0 Å². The number of ether oxygens (including phenoxy) is 1. The van der Waals surface area contributed by atoms with E-state index in [1.54, 1.807) is 17.5 Å². The Labute approximate surface area is 131 Å². The average Bonchev–Trinajstić information content (AvgIpc) is 2.95. The zero-order chi connectivity index (χ0) is 15.9. The molecule has 0 fully saturated rings. The molecular weight excluding hydrogens is 307 g/mol. The molecule has 22 heavy (non-hydrogen) atoms. The number of aromatic nitrogens is 1. The smallest absolute Gasteiger partial charge is 0.307 e. The fraction of sp³-hybridized carbons (Fsp3) is 0.267. The molecule has 7 heteroatoms. The Hall–Kier alpha value is -2.28. The summed E-state index contributed by atoms with van der Waals surface area (Å²) in [5.41, 5.74) is 1.29. The Balaban J connectivity index is 1.89. The molecule has 0 atom stereocenters. The van der Waals surface area contributed by atoms with Crippen molar-refractivity contribution in [1.82, 2.24) is 10.3 Å². The van der Waals surface area contributed by atoms with E-state index in [4.69, 9.17) is 0 Å². The minimum Gasteiger partial charge on any atom is -0.469 e. The fourth-order valence-corrected chi connectivity index (χ4v) is 2.59. The highest BCUT2D eigenvalue weighted by Gasteiger charge is 2.10. The Morgan fingerprint density at radius 1 is 1.41 bits per heavy atom. The maximum Gasteiger partial charge on any atom is 0.307 e. The molecule has 1 aromatic carbocycles. The van der Waals surface area contributed by atoms with Crippen molar-refractivity contribution in [1.29, 1.82) is 0 Å². The third kappa shape index (κ3) is 4.63. The quantitative estimate of drug-likeness (QED) is 0.828. The van der Waals surface area contributed by atoms with E-state index in [2.05, 4.69) is 15.0 Å². The second-order valence-corrected chi connectivity index (χ2v) is 5.37. The monoisotopic (exact) mass is 322 g/mol. The number of carbonyl (C=O) groups is 2. The highest BCUT2D eigenvalue weighted by atomic mass is 32.1. The first-order valence-corrected chi connectivity index (χ1v) is 7.50. The molecule has 0 aliphatic carbocycles. The summed E-state index contributed by atoms with van der Waals surface area (Å²) in [5.74, 6) is -0.919. The van der Waals surface area contributed by atoms with Crippen LogP contribution in [0, 0.1) is 5.82 Å². The highest BCUT2D eigenvalue weighted by molar-refractivity contribution is 7.13. The summed E-state index contributed by atoms with van der Waals surface area (Å²) in [6, 6.07) is 6.15. The Bertz CT molecular complexity index is 672. The summed E-state index contributed by atoms with van der Waals surface area (Å²) >= 11 is 1.35. The van der Waals surface area contributed by atoms with Crippen LogP contribution >= 0.6 is 11.3 Å². The van der Waals surface area contributed by atoms with Gasteiger partial charge in [-0.15, -0.1) is 11.3 Å². The van der Waals surface area contributed by atoms with Gasteiger partial charge in [0.1, 0.15) is 10.8 Å². The lowest BCUT2D eigenvalue weighted by Crippen LogP contribution is -2.27. The van der Waals surface area contributed by atoms with E-state index in [0.29, 0.717) is 16.3 Å². The van der Waals surface area contributed by atoms with E-state index < -0.39 is 0 Å². The lowest BCUT2D eigenvalue weighted by Gasteiger charge is -2.02. The van der Waals surface area contributed by atoms with Gasteiger partial charge < -0.3 is 10.1 Å². The second-order valence-electron chi connectivity index (χ2n) is 4.51. The molecule has 0 spiro atoms. The number of halogens is 1. The summed E-state index contributed by atoms with van der Waals surface area (Å²) in [4.78, 5) is 27.0. The molecule has 0 unspecified atom stereocenters. The van der Waals surface area contributed by atoms with Crippen LogP contribution in [0.25, 0.3) is 10.6 Å². The van der Waals surface area contributed by atoms with E-state index >= 15 is 0 Å². The molecule has 2 aromatic rings. The lowest BCUT2D eigenvalue weighted by atomic mass is 10.2. The van der Waals surface area contributed by atoms with Crippen LogP contribution in [0.5, 0.6) is 0 Å². The molecule has 0 bridgehead atoms. The van der Waals surface area contributed by atoms with E-state index in [1.807, 2.05) is 0 Å². The number of carbonyl (C=O) groups excluding carboxylic acids is 2. The maximum absolute atomic E-state index is 13.2. The van der Waals surface area contributed by atoms with Crippen LogP contribution in [0.1, 0.15) is 12.1 Å². The molecular formula is C15H15FN2O3S. The van der Waals surface area contributed by atoms with Crippen molar-refractivity contribution in [2.24, 2.45) is 0 Å². The number of methoxy groups -OCH3 is 1. The van der Waals surface area contributed by atoms with Gasteiger partial charge >= 0.3 is 5.97 Å². The molecule has 0 aliphatic rings. The maximum atomic E-state index is 13.2. The fourth-order valence-electron chi connectivity index (χ4n) is 1.78. The zero-order valence-electron chi connectivity index (χ0n) is 12.0. The first kappa shape index (κ1) is 16.1. The number of amides is 1. The van der Waals surface area contributed by atoms with Gasteiger partial charge in [-0.3, -0.25) is 9.59 Å². The number of thiazole rings is 1. The van der Waals surface area contributed by atoms with Crippen molar-refractivity contribution in [3.05, 3.63) is 41.2 Å². The van der Waals surface area contributed by atoms with Crippen molar-refractivity contribution in [2.45, 2.75) is 12.8 Å². The summed E-state index contributed by atoms with van der Waals surface area (Å²) in [6.07, 6.45) is 0.251. The first-order valence-electron chi connectivity index (χ1n) is 6.62. The van der Waals surface area contributed by atoms with Gasteiger partial charge in [-0.25, -0.2) is 9.37 Å². The molecule has 116 valence electrons. The van der Waals surface area contributed by atoms with Crippen LogP contribution in [-0.4, -0.2) is 30.5 Å². The number of nitrogens with one attached hydrogen (secondary N) is 1. The zero-order valence-corrected chi connectivity index (χ0v) is 12.8. The first-order chi connectivity index (χ1) is 10.6. The van der Waals surface area contributed by atoms with Gasteiger partial charge in [0, 0.05) is 17.5 Å². The Morgan fingerprint density at radius 2 is 2.23 bits per heavy atom.